The van der Waals surface area contributed by atoms with Gasteiger partial charge in [-0.1, -0.05) is 24.6 Å². The standard InChI is InChI=1S/C24H27FN2O4/c1-15-10-16(11-19(22(15)29)23(30)31)12-27-13-20(17-5-7-18(25)8-6-17)24(14-27)9-3-2-4-21(28)26-24/h5-8,10-11,20,29H,2-4,9,12-14H2,1H3,(H,26,28)(H,30,31)/t20-,24+/m0/s1. The quantitative estimate of drug-likeness (QED) is 0.696. The van der Waals surface area contributed by atoms with Crippen molar-refractivity contribution in [3.63, 3.8) is 0 Å². The highest BCUT2D eigenvalue weighted by Crippen LogP contribution is 2.41. The SMILES string of the molecule is Cc1cc(CN2C[C@@H](c3ccc(F)cc3)[C@@]3(CCCCC(=O)N3)C2)cc(C(=O)O)c1O. The molecule has 2 heterocycles. The molecule has 2 fully saturated rings. The fourth-order valence-electron chi connectivity index (χ4n) is 5.12. The van der Waals surface area contributed by atoms with Crippen molar-refractivity contribution >= 4 is 11.9 Å². The van der Waals surface area contributed by atoms with Gasteiger partial charge in [-0.25, -0.2) is 9.18 Å². The Morgan fingerprint density at radius 2 is 2.00 bits per heavy atom. The van der Waals surface area contributed by atoms with Crippen molar-refractivity contribution in [2.75, 3.05) is 13.1 Å². The highest BCUT2D eigenvalue weighted by atomic mass is 19.1. The number of nitrogens with one attached hydrogen (secondary N) is 1. The number of nitrogens with zero attached hydrogens (tertiary/aromatic N) is 1. The smallest absolute Gasteiger partial charge is 0.339 e. The molecular weight excluding hydrogens is 399 g/mol. The number of carboxylic acids is 1. The van der Waals surface area contributed by atoms with Crippen molar-refractivity contribution in [3.05, 3.63) is 64.5 Å². The van der Waals surface area contributed by atoms with Gasteiger partial charge in [0.25, 0.3) is 0 Å². The maximum absolute atomic E-state index is 13.5. The Morgan fingerprint density at radius 1 is 1.26 bits per heavy atom. The Bertz CT molecular complexity index is 1010. The number of rotatable bonds is 4. The number of likely N-dealkylation sites (tertiary alicyclic amines) is 1. The van der Waals surface area contributed by atoms with Crippen LogP contribution in [-0.2, 0) is 11.3 Å². The molecule has 1 spiro atoms. The zero-order valence-corrected chi connectivity index (χ0v) is 17.5. The van der Waals surface area contributed by atoms with Gasteiger partial charge < -0.3 is 15.5 Å². The van der Waals surface area contributed by atoms with E-state index in [-0.39, 0.29) is 29.0 Å². The molecule has 3 N–H and O–H groups in total. The van der Waals surface area contributed by atoms with E-state index in [9.17, 15) is 24.2 Å². The average Bonchev–Trinajstić information content (AvgIpc) is 2.93. The highest BCUT2D eigenvalue weighted by Gasteiger charge is 2.48. The molecule has 164 valence electrons. The van der Waals surface area contributed by atoms with Crippen molar-refractivity contribution in [2.24, 2.45) is 0 Å². The third-order valence-electron chi connectivity index (χ3n) is 6.55. The average molecular weight is 426 g/mol. The van der Waals surface area contributed by atoms with Crippen LogP contribution in [0.1, 0.15) is 58.6 Å². The summed E-state index contributed by atoms with van der Waals surface area (Å²) >= 11 is 0. The molecule has 31 heavy (non-hydrogen) atoms. The van der Waals surface area contributed by atoms with Gasteiger partial charge in [-0.3, -0.25) is 9.69 Å². The van der Waals surface area contributed by atoms with Gasteiger partial charge in [0.05, 0.1) is 5.54 Å². The van der Waals surface area contributed by atoms with Crippen LogP contribution in [0.25, 0.3) is 0 Å². The van der Waals surface area contributed by atoms with E-state index in [1.54, 1.807) is 25.1 Å². The van der Waals surface area contributed by atoms with E-state index < -0.39 is 11.5 Å². The summed E-state index contributed by atoms with van der Waals surface area (Å²) in [6.07, 6.45) is 3.14. The summed E-state index contributed by atoms with van der Waals surface area (Å²) in [5, 5.41) is 22.7. The maximum atomic E-state index is 13.5. The van der Waals surface area contributed by atoms with Crippen LogP contribution in [0.2, 0.25) is 0 Å². The van der Waals surface area contributed by atoms with Crippen LogP contribution < -0.4 is 5.32 Å². The van der Waals surface area contributed by atoms with Crippen LogP contribution >= 0.6 is 0 Å². The lowest BCUT2D eigenvalue weighted by Crippen LogP contribution is -2.52. The van der Waals surface area contributed by atoms with Crippen LogP contribution in [0.5, 0.6) is 5.75 Å². The van der Waals surface area contributed by atoms with E-state index in [2.05, 4.69) is 10.2 Å². The second-order valence-electron chi connectivity index (χ2n) is 8.80. The molecular formula is C24H27FN2O4. The number of aryl methyl sites for hydroxylation is 1. The number of amides is 1. The number of halogens is 1. The molecule has 7 heteroatoms. The number of hydrogen-bond donors (Lipinski definition) is 3. The topological polar surface area (TPSA) is 89.9 Å². The van der Waals surface area contributed by atoms with E-state index in [1.165, 1.54) is 18.2 Å². The molecule has 0 bridgehead atoms. The third-order valence-corrected chi connectivity index (χ3v) is 6.55. The molecule has 0 unspecified atom stereocenters. The molecule has 0 aliphatic carbocycles. The van der Waals surface area contributed by atoms with Crippen LogP contribution in [0.15, 0.2) is 36.4 Å². The number of carbonyl (C=O) groups excluding carboxylic acids is 1. The fraction of sp³-hybridized carbons (Fsp3) is 0.417. The number of carbonyl (C=O) groups is 2. The second kappa shape index (κ2) is 8.30. The Kier molecular flexibility index (Phi) is 5.71. The van der Waals surface area contributed by atoms with E-state index in [0.717, 1.165) is 30.4 Å². The lowest BCUT2D eigenvalue weighted by Gasteiger charge is -2.35. The largest absolute Gasteiger partial charge is 0.507 e. The van der Waals surface area contributed by atoms with E-state index in [4.69, 9.17) is 0 Å². The minimum atomic E-state index is -1.17. The number of aromatic hydroxyl groups is 1. The lowest BCUT2D eigenvalue weighted by molar-refractivity contribution is -0.122. The number of phenols is 1. The minimum absolute atomic E-state index is 0.00676. The molecule has 2 atom stereocenters. The molecule has 6 nitrogen and oxygen atoms in total. The summed E-state index contributed by atoms with van der Waals surface area (Å²) < 4.78 is 13.5. The number of benzene rings is 2. The number of carboxylic acid groups (broad SMARTS) is 1. The summed E-state index contributed by atoms with van der Waals surface area (Å²) in [5.41, 5.74) is 1.75. The first-order valence-corrected chi connectivity index (χ1v) is 10.6. The Labute approximate surface area is 180 Å². The van der Waals surface area contributed by atoms with Gasteiger partial charge in [0.15, 0.2) is 0 Å². The second-order valence-corrected chi connectivity index (χ2v) is 8.80. The Balaban J connectivity index is 1.65. The van der Waals surface area contributed by atoms with E-state index >= 15 is 0 Å². The minimum Gasteiger partial charge on any atom is -0.507 e. The van der Waals surface area contributed by atoms with Crippen LogP contribution in [-0.4, -0.2) is 45.6 Å². The third kappa shape index (κ3) is 4.28. The lowest BCUT2D eigenvalue weighted by atomic mass is 9.79. The van der Waals surface area contributed by atoms with Crippen molar-refractivity contribution in [1.29, 1.82) is 0 Å². The number of aromatic carboxylic acids is 1. The van der Waals surface area contributed by atoms with E-state index in [0.29, 0.717) is 31.6 Å². The molecule has 1 amide bonds. The zero-order valence-electron chi connectivity index (χ0n) is 17.5. The first-order valence-electron chi connectivity index (χ1n) is 10.6. The van der Waals surface area contributed by atoms with Gasteiger partial charge in [-0.2, -0.15) is 0 Å². The van der Waals surface area contributed by atoms with Crippen molar-refractivity contribution in [3.8, 4) is 5.75 Å². The first kappa shape index (κ1) is 21.3. The first-order chi connectivity index (χ1) is 14.8. The van der Waals surface area contributed by atoms with Crippen molar-refractivity contribution < 1.29 is 24.2 Å². The van der Waals surface area contributed by atoms with Gasteiger partial charge in [0, 0.05) is 32.0 Å². The summed E-state index contributed by atoms with van der Waals surface area (Å²) in [6.45, 7) is 3.47. The van der Waals surface area contributed by atoms with Crippen LogP contribution in [0, 0.1) is 12.7 Å². The molecule has 2 aromatic carbocycles. The van der Waals surface area contributed by atoms with Gasteiger partial charge in [0.2, 0.25) is 5.91 Å². The van der Waals surface area contributed by atoms with Crippen molar-refractivity contribution in [2.45, 2.75) is 50.6 Å². The van der Waals surface area contributed by atoms with Gasteiger partial charge in [-0.05, 0) is 54.7 Å². The fourth-order valence-corrected chi connectivity index (χ4v) is 5.12. The summed E-state index contributed by atoms with van der Waals surface area (Å²) in [4.78, 5) is 26.2. The molecule has 4 rings (SSSR count). The molecule has 0 radical (unpaired) electrons. The van der Waals surface area contributed by atoms with Gasteiger partial charge >= 0.3 is 5.97 Å². The van der Waals surface area contributed by atoms with Crippen LogP contribution in [0.4, 0.5) is 4.39 Å². The summed E-state index contributed by atoms with van der Waals surface area (Å²) in [5.74, 6) is -1.62. The normalized spacial score (nSPS) is 24.2. The Hall–Kier alpha value is -2.93. The molecule has 2 aromatic rings. The highest BCUT2D eigenvalue weighted by molar-refractivity contribution is 5.91. The van der Waals surface area contributed by atoms with Crippen molar-refractivity contribution in [1.82, 2.24) is 10.2 Å². The van der Waals surface area contributed by atoms with Crippen LogP contribution in [0.3, 0.4) is 0 Å². The molecule has 2 aliphatic rings. The maximum Gasteiger partial charge on any atom is 0.339 e. The summed E-state index contributed by atoms with van der Waals surface area (Å²) in [7, 11) is 0. The predicted molar refractivity (Wildman–Crippen MR) is 114 cm³/mol. The molecule has 0 saturated carbocycles. The van der Waals surface area contributed by atoms with E-state index in [1.807, 2.05) is 0 Å². The predicted octanol–water partition coefficient (Wildman–Crippen LogP) is 3.57. The monoisotopic (exact) mass is 426 g/mol. The Morgan fingerprint density at radius 3 is 2.71 bits per heavy atom. The van der Waals surface area contributed by atoms with Gasteiger partial charge in [0.1, 0.15) is 17.1 Å². The number of hydrogen-bond acceptors (Lipinski definition) is 4. The molecule has 2 saturated heterocycles. The zero-order chi connectivity index (χ0) is 22.2. The molecule has 2 aliphatic heterocycles. The summed E-state index contributed by atoms with van der Waals surface area (Å²) in [6, 6.07) is 9.78. The van der Waals surface area contributed by atoms with Gasteiger partial charge in [-0.15, -0.1) is 0 Å². The molecule has 0 aromatic heterocycles.